The molecule has 0 aliphatic rings. The molecule has 0 spiro atoms. The number of aldehydes is 1. The number of allylic oxidation sites excluding steroid dienone is 1. The van der Waals surface area contributed by atoms with E-state index in [0.29, 0.717) is 11.3 Å². The highest BCUT2D eigenvalue weighted by Gasteiger charge is 2.15. The third-order valence-electron chi connectivity index (χ3n) is 3.01. The van der Waals surface area contributed by atoms with Gasteiger partial charge in [0.25, 0.3) is 0 Å². The van der Waals surface area contributed by atoms with Gasteiger partial charge in [-0.3, -0.25) is 9.48 Å². The van der Waals surface area contributed by atoms with Crippen molar-refractivity contribution < 1.29 is 13.2 Å². The summed E-state index contributed by atoms with van der Waals surface area (Å²) in [6.07, 6.45) is 4.87. The minimum Gasteiger partial charge on any atom is -0.298 e. The van der Waals surface area contributed by atoms with Crippen molar-refractivity contribution in [2.75, 3.05) is 11.5 Å². The second kappa shape index (κ2) is 6.65. The number of hydrogen-bond acceptors (Lipinski definition) is 4. The van der Waals surface area contributed by atoms with E-state index >= 15 is 0 Å². The van der Waals surface area contributed by atoms with Gasteiger partial charge < -0.3 is 0 Å². The molecular formula is C13H20N2O3S. The predicted molar refractivity (Wildman–Crippen MR) is 75.2 cm³/mol. The summed E-state index contributed by atoms with van der Waals surface area (Å²) < 4.78 is 24.4. The van der Waals surface area contributed by atoms with Crippen LogP contribution >= 0.6 is 0 Å². The van der Waals surface area contributed by atoms with Crippen LogP contribution in [0.2, 0.25) is 0 Å². The van der Waals surface area contributed by atoms with Crippen molar-refractivity contribution in [1.29, 1.82) is 0 Å². The van der Waals surface area contributed by atoms with Crippen molar-refractivity contribution in [2.45, 2.75) is 32.7 Å². The van der Waals surface area contributed by atoms with Gasteiger partial charge >= 0.3 is 0 Å². The lowest BCUT2D eigenvalue weighted by Gasteiger charge is -2.05. The Morgan fingerprint density at radius 2 is 2.21 bits per heavy atom. The van der Waals surface area contributed by atoms with Crippen LogP contribution in [-0.4, -0.2) is 36.0 Å². The first-order valence-corrected chi connectivity index (χ1v) is 8.09. The van der Waals surface area contributed by atoms with E-state index in [2.05, 4.69) is 11.7 Å². The van der Waals surface area contributed by atoms with Gasteiger partial charge in [0.15, 0.2) is 16.1 Å². The lowest BCUT2D eigenvalue weighted by molar-refractivity contribution is 0.112. The minimum absolute atomic E-state index is 0.0404. The molecule has 19 heavy (non-hydrogen) atoms. The normalized spacial score (nSPS) is 13.2. The zero-order valence-corrected chi connectivity index (χ0v) is 12.2. The molecule has 1 unspecified atom stereocenters. The molecule has 0 aliphatic carbocycles. The Labute approximate surface area is 114 Å². The maximum atomic E-state index is 11.4. The van der Waals surface area contributed by atoms with Crippen LogP contribution in [0.3, 0.4) is 0 Å². The van der Waals surface area contributed by atoms with Crippen LogP contribution in [-0.2, 0) is 16.4 Å². The van der Waals surface area contributed by atoms with Crippen molar-refractivity contribution in [3.63, 3.8) is 0 Å². The van der Waals surface area contributed by atoms with Crippen LogP contribution in [0.25, 0.3) is 0 Å². The Morgan fingerprint density at radius 3 is 2.74 bits per heavy atom. The fourth-order valence-corrected chi connectivity index (χ4v) is 2.53. The molecule has 1 atom stereocenters. The van der Waals surface area contributed by atoms with Crippen LogP contribution in [0, 0.1) is 0 Å². The van der Waals surface area contributed by atoms with E-state index in [4.69, 9.17) is 0 Å². The van der Waals surface area contributed by atoms with Gasteiger partial charge in [0.05, 0.1) is 23.6 Å². The highest BCUT2D eigenvalue weighted by molar-refractivity contribution is 7.91. The molecule has 0 saturated carbocycles. The van der Waals surface area contributed by atoms with Gasteiger partial charge in [0.2, 0.25) is 0 Å². The average molecular weight is 284 g/mol. The lowest BCUT2D eigenvalue weighted by atomic mass is 10.0. The van der Waals surface area contributed by atoms with Gasteiger partial charge in [0, 0.05) is 17.9 Å². The molecule has 0 bridgehead atoms. The molecule has 1 aromatic heterocycles. The number of hydrogen-bond donors (Lipinski definition) is 0. The van der Waals surface area contributed by atoms with E-state index in [-0.39, 0.29) is 24.0 Å². The largest absolute Gasteiger partial charge is 0.298 e. The number of rotatable bonds is 8. The minimum atomic E-state index is -3.02. The molecule has 1 rings (SSSR count). The molecule has 0 radical (unpaired) electrons. The number of carbonyl (C=O) groups excluding carboxylic acids is 1. The van der Waals surface area contributed by atoms with Gasteiger partial charge in [-0.05, 0) is 6.42 Å². The van der Waals surface area contributed by atoms with Gasteiger partial charge in [-0.15, -0.1) is 6.58 Å². The molecule has 0 aromatic carbocycles. The fourth-order valence-electron chi connectivity index (χ4n) is 1.78. The van der Waals surface area contributed by atoms with Gasteiger partial charge in [-0.25, -0.2) is 8.42 Å². The van der Waals surface area contributed by atoms with Crippen molar-refractivity contribution in [3.8, 4) is 0 Å². The van der Waals surface area contributed by atoms with E-state index in [0.717, 1.165) is 12.7 Å². The second-order valence-corrected chi connectivity index (χ2v) is 6.99. The zero-order chi connectivity index (χ0) is 14.5. The Kier molecular flexibility index (Phi) is 5.47. The maximum absolute atomic E-state index is 11.4. The second-order valence-electron chi connectivity index (χ2n) is 4.51. The van der Waals surface area contributed by atoms with Crippen LogP contribution in [0.15, 0.2) is 18.9 Å². The Balaban J connectivity index is 2.87. The number of aromatic nitrogens is 2. The number of sulfone groups is 1. The molecule has 6 heteroatoms. The average Bonchev–Trinajstić information content (AvgIpc) is 2.80. The maximum Gasteiger partial charge on any atom is 0.153 e. The first-order chi connectivity index (χ1) is 8.93. The van der Waals surface area contributed by atoms with E-state index in [1.165, 1.54) is 4.68 Å². The molecule has 5 nitrogen and oxygen atoms in total. The van der Waals surface area contributed by atoms with E-state index in [1.54, 1.807) is 19.2 Å². The van der Waals surface area contributed by atoms with E-state index in [9.17, 15) is 13.2 Å². The van der Waals surface area contributed by atoms with Crippen LogP contribution in [0.4, 0.5) is 0 Å². The molecule has 0 amide bonds. The summed E-state index contributed by atoms with van der Waals surface area (Å²) >= 11 is 0. The van der Waals surface area contributed by atoms with Crippen molar-refractivity contribution >= 4 is 16.1 Å². The first-order valence-electron chi connectivity index (χ1n) is 6.27. The highest BCUT2D eigenvalue weighted by atomic mass is 32.2. The van der Waals surface area contributed by atoms with Crippen LogP contribution < -0.4 is 0 Å². The summed E-state index contributed by atoms with van der Waals surface area (Å²) in [6, 6.07) is 0. The van der Waals surface area contributed by atoms with E-state index < -0.39 is 9.84 Å². The monoisotopic (exact) mass is 284 g/mol. The van der Waals surface area contributed by atoms with Gasteiger partial charge in [-0.2, -0.15) is 5.10 Å². The quantitative estimate of drug-likeness (QED) is 0.539. The number of nitrogens with zero attached hydrogens (tertiary/aromatic N) is 2. The Hall–Kier alpha value is -1.43. The van der Waals surface area contributed by atoms with Gasteiger partial charge in [0.1, 0.15) is 0 Å². The highest BCUT2D eigenvalue weighted by Crippen LogP contribution is 2.20. The Bertz CT molecular complexity index is 546. The summed E-state index contributed by atoms with van der Waals surface area (Å²) in [7, 11) is -3.02. The summed E-state index contributed by atoms with van der Waals surface area (Å²) in [5.41, 5.74) is 1.21. The van der Waals surface area contributed by atoms with Crippen molar-refractivity contribution in [3.05, 3.63) is 30.1 Å². The third-order valence-corrected chi connectivity index (χ3v) is 4.69. The summed E-state index contributed by atoms with van der Waals surface area (Å²) in [5.74, 6) is 0.259. The van der Waals surface area contributed by atoms with Crippen molar-refractivity contribution in [1.82, 2.24) is 9.78 Å². The molecule has 1 heterocycles. The molecule has 1 aromatic rings. The lowest BCUT2D eigenvalue weighted by Crippen LogP contribution is -2.15. The molecule has 0 N–H and O–H groups in total. The predicted octanol–water partition coefficient (Wildman–Crippen LogP) is 1.81. The number of carbonyl (C=O) groups is 1. The molecule has 0 aliphatic heterocycles. The van der Waals surface area contributed by atoms with E-state index in [1.807, 2.05) is 6.92 Å². The third kappa shape index (κ3) is 4.31. The summed E-state index contributed by atoms with van der Waals surface area (Å²) in [4.78, 5) is 11.0. The zero-order valence-electron chi connectivity index (χ0n) is 11.4. The smallest absolute Gasteiger partial charge is 0.153 e. The van der Waals surface area contributed by atoms with Crippen LogP contribution in [0.5, 0.6) is 0 Å². The van der Waals surface area contributed by atoms with Crippen molar-refractivity contribution in [2.24, 2.45) is 0 Å². The topological polar surface area (TPSA) is 69.0 Å². The molecule has 0 fully saturated rings. The molecule has 0 saturated heterocycles. The first kappa shape index (κ1) is 15.6. The summed E-state index contributed by atoms with van der Waals surface area (Å²) in [5, 5.41) is 4.31. The standard InChI is InChI=1S/C13H20N2O3S/c1-4-6-11(3)13-12(10-16)9-15(14-13)7-8-19(17,18)5-2/h4,9-11H,1,5-8H2,2-3H3. The number of aryl methyl sites for hydroxylation is 1. The fraction of sp³-hybridized carbons (Fsp3) is 0.538. The molecular weight excluding hydrogens is 264 g/mol. The van der Waals surface area contributed by atoms with Crippen LogP contribution in [0.1, 0.15) is 42.2 Å². The molecule has 106 valence electrons. The van der Waals surface area contributed by atoms with Gasteiger partial charge in [-0.1, -0.05) is 19.9 Å². The SMILES string of the molecule is C=CCC(C)c1nn(CCS(=O)(=O)CC)cc1C=O. The summed E-state index contributed by atoms with van der Waals surface area (Å²) in [6.45, 7) is 7.52. The Morgan fingerprint density at radius 1 is 1.53 bits per heavy atom.